The van der Waals surface area contributed by atoms with Crippen LogP contribution in [0.4, 0.5) is 0 Å². The van der Waals surface area contributed by atoms with Crippen molar-refractivity contribution < 1.29 is 34.2 Å². The summed E-state index contributed by atoms with van der Waals surface area (Å²) >= 11 is 1.52. The zero-order valence-corrected chi connectivity index (χ0v) is 19.2. The van der Waals surface area contributed by atoms with Crippen LogP contribution in [-0.4, -0.2) is 86.0 Å². The molecule has 184 valence electrons. The van der Waals surface area contributed by atoms with Gasteiger partial charge >= 0.3 is 11.9 Å². The van der Waals surface area contributed by atoms with Gasteiger partial charge in [-0.05, 0) is 31.8 Å². The lowest BCUT2D eigenvalue weighted by atomic mass is 10.1. The predicted octanol–water partition coefficient (Wildman–Crippen LogP) is -1.54. The van der Waals surface area contributed by atoms with Crippen molar-refractivity contribution in [2.45, 2.75) is 56.8 Å². The van der Waals surface area contributed by atoms with E-state index in [1.54, 1.807) is 0 Å². The van der Waals surface area contributed by atoms with Crippen molar-refractivity contribution in [2.24, 2.45) is 5.73 Å². The standard InChI is InChI=1S/C19H30N6O7S/c1-10(23-17(29)12(20)5-6-33-2)16(28)24-13(3-4-15(26)27)18(30)25-14(19(31)32)7-11-8-21-9-22-11/h8-10,12-14H,3-7,20H2,1-2H3,(H,21,22)(H,23,29)(H,24,28)(H,25,30)(H,26,27)(H,31,32). The minimum Gasteiger partial charge on any atom is -0.481 e. The first-order valence-corrected chi connectivity index (χ1v) is 11.5. The summed E-state index contributed by atoms with van der Waals surface area (Å²) in [6.45, 7) is 1.39. The number of carbonyl (C=O) groups is 5. The maximum absolute atomic E-state index is 12.7. The Kier molecular flexibility index (Phi) is 11.9. The SMILES string of the molecule is CSCCC(N)C(=O)NC(C)C(=O)NC(CCC(=O)O)C(=O)NC(Cc1cnc[nH]1)C(=O)O. The van der Waals surface area contributed by atoms with Crippen molar-refractivity contribution in [1.29, 1.82) is 0 Å². The zero-order chi connectivity index (χ0) is 25.0. The third-order valence-corrected chi connectivity index (χ3v) is 5.24. The molecule has 8 N–H and O–H groups in total. The molecule has 1 aromatic heterocycles. The zero-order valence-electron chi connectivity index (χ0n) is 18.4. The monoisotopic (exact) mass is 486 g/mol. The van der Waals surface area contributed by atoms with Crippen molar-refractivity contribution in [1.82, 2.24) is 25.9 Å². The summed E-state index contributed by atoms with van der Waals surface area (Å²) in [4.78, 5) is 66.4. The molecule has 0 aromatic carbocycles. The van der Waals surface area contributed by atoms with E-state index >= 15 is 0 Å². The molecule has 0 saturated carbocycles. The molecule has 0 aliphatic rings. The second kappa shape index (κ2) is 14.1. The van der Waals surface area contributed by atoms with Crippen molar-refractivity contribution in [3.8, 4) is 0 Å². The highest BCUT2D eigenvalue weighted by molar-refractivity contribution is 7.98. The van der Waals surface area contributed by atoms with Gasteiger partial charge in [-0.1, -0.05) is 0 Å². The number of thioether (sulfide) groups is 1. The molecule has 0 aliphatic heterocycles. The molecular weight excluding hydrogens is 456 g/mol. The molecule has 0 saturated heterocycles. The topological polar surface area (TPSA) is 217 Å². The van der Waals surface area contributed by atoms with Gasteiger partial charge in [-0.2, -0.15) is 11.8 Å². The Morgan fingerprint density at radius 3 is 2.27 bits per heavy atom. The Balaban J connectivity index is 2.80. The third kappa shape index (κ3) is 10.4. The summed E-state index contributed by atoms with van der Waals surface area (Å²) in [6.07, 6.45) is 4.22. The summed E-state index contributed by atoms with van der Waals surface area (Å²) in [7, 11) is 0. The van der Waals surface area contributed by atoms with Gasteiger partial charge in [-0.25, -0.2) is 9.78 Å². The van der Waals surface area contributed by atoms with E-state index in [0.29, 0.717) is 17.9 Å². The molecule has 1 heterocycles. The highest BCUT2D eigenvalue weighted by atomic mass is 32.2. The van der Waals surface area contributed by atoms with Gasteiger partial charge in [-0.15, -0.1) is 0 Å². The predicted molar refractivity (Wildman–Crippen MR) is 119 cm³/mol. The molecule has 0 fully saturated rings. The van der Waals surface area contributed by atoms with Crippen LogP contribution in [0.2, 0.25) is 0 Å². The Hall–Kier alpha value is -3.13. The minimum absolute atomic E-state index is 0.0962. The number of H-pyrrole nitrogens is 1. The number of hydrogen-bond donors (Lipinski definition) is 7. The Bertz CT molecular complexity index is 820. The number of hydrogen-bond acceptors (Lipinski definition) is 8. The Labute approximate surface area is 194 Å². The summed E-state index contributed by atoms with van der Waals surface area (Å²) in [6, 6.07) is -4.54. The number of nitrogens with zero attached hydrogens (tertiary/aromatic N) is 1. The number of aliphatic carboxylic acids is 2. The van der Waals surface area contributed by atoms with Crippen LogP contribution in [-0.2, 0) is 30.4 Å². The highest BCUT2D eigenvalue weighted by Crippen LogP contribution is 2.04. The fourth-order valence-electron chi connectivity index (χ4n) is 2.68. The van der Waals surface area contributed by atoms with Gasteiger partial charge in [0.2, 0.25) is 17.7 Å². The molecule has 3 amide bonds. The van der Waals surface area contributed by atoms with Crippen LogP contribution in [0.1, 0.15) is 31.9 Å². The maximum atomic E-state index is 12.7. The van der Waals surface area contributed by atoms with Gasteiger partial charge in [0.25, 0.3) is 0 Å². The normalized spacial score (nSPS) is 14.4. The molecule has 13 nitrogen and oxygen atoms in total. The number of amides is 3. The molecule has 0 radical (unpaired) electrons. The quantitative estimate of drug-likeness (QED) is 0.151. The number of carbonyl (C=O) groups excluding carboxylic acids is 3. The lowest BCUT2D eigenvalue weighted by Gasteiger charge is -2.23. The van der Waals surface area contributed by atoms with Crippen LogP contribution < -0.4 is 21.7 Å². The molecule has 0 aliphatic carbocycles. The van der Waals surface area contributed by atoms with E-state index in [2.05, 4.69) is 25.9 Å². The second-order valence-electron chi connectivity index (χ2n) is 7.29. The molecule has 0 spiro atoms. The molecule has 33 heavy (non-hydrogen) atoms. The van der Waals surface area contributed by atoms with E-state index in [4.69, 9.17) is 10.8 Å². The number of imidazole rings is 1. The number of carboxylic acid groups (broad SMARTS) is 2. The van der Waals surface area contributed by atoms with Crippen LogP contribution in [0.5, 0.6) is 0 Å². The van der Waals surface area contributed by atoms with Crippen LogP contribution in [0.25, 0.3) is 0 Å². The van der Waals surface area contributed by atoms with Gasteiger partial charge in [0.05, 0.1) is 12.4 Å². The van der Waals surface area contributed by atoms with Crippen LogP contribution in [0.3, 0.4) is 0 Å². The minimum atomic E-state index is -1.34. The average molecular weight is 487 g/mol. The summed E-state index contributed by atoms with van der Waals surface area (Å²) < 4.78 is 0. The van der Waals surface area contributed by atoms with E-state index < -0.39 is 60.2 Å². The molecule has 14 heteroatoms. The van der Waals surface area contributed by atoms with E-state index in [9.17, 15) is 29.1 Å². The fourth-order valence-corrected chi connectivity index (χ4v) is 3.17. The number of aromatic nitrogens is 2. The number of nitrogens with two attached hydrogens (primary N) is 1. The number of aromatic amines is 1. The van der Waals surface area contributed by atoms with Crippen molar-refractivity contribution >= 4 is 41.4 Å². The summed E-state index contributed by atoms with van der Waals surface area (Å²) in [5, 5.41) is 25.5. The van der Waals surface area contributed by atoms with E-state index in [1.165, 1.54) is 31.2 Å². The molecule has 4 atom stereocenters. The van der Waals surface area contributed by atoms with E-state index in [1.807, 2.05) is 6.26 Å². The van der Waals surface area contributed by atoms with E-state index in [-0.39, 0.29) is 12.8 Å². The lowest BCUT2D eigenvalue weighted by Crippen LogP contribution is -2.56. The second-order valence-corrected chi connectivity index (χ2v) is 8.28. The van der Waals surface area contributed by atoms with Crippen molar-refractivity contribution in [2.75, 3.05) is 12.0 Å². The van der Waals surface area contributed by atoms with Gasteiger partial charge < -0.3 is 36.9 Å². The first-order chi connectivity index (χ1) is 15.5. The van der Waals surface area contributed by atoms with E-state index in [0.717, 1.165) is 0 Å². The molecule has 4 unspecified atom stereocenters. The highest BCUT2D eigenvalue weighted by Gasteiger charge is 2.29. The fraction of sp³-hybridized carbons (Fsp3) is 0.579. The number of carboxylic acids is 2. The molecule has 0 bridgehead atoms. The van der Waals surface area contributed by atoms with Crippen molar-refractivity contribution in [3.05, 3.63) is 18.2 Å². The Morgan fingerprint density at radius 1 is 1.06 bits per heavy atom. The Morgan fingerprint density at radius 2 is 1.73 bits per heavy atom. The van der Waals surface area contributed by atoms with Gasteiger partial charge in [-0.3, -0.25) is 19.2 Å². The molecule has 1 aromatic rings. The average Bonchev–Trinajstić information content (AvgIpc) is 3.26. The summed E-state index contributed by atoms with van der Waals surface area (Å²) in [5.74, 6) is -4.01. The van der Waals surface area contributed by atoms with Crippen LogP contribution in [0, 0.1) is 0 Å². The lowest BCUT2D eigenvalue weighted by molar-refractivity contribution is -0.143. The van der Waals surface area contributed by atoms with Crippen LogP contribution >= 0.6 is 11.8 Å². The largest absolute Gasteiger partial charge is 0.481 e. The van der Waals surface area contributed by atoms with Crippen LogP contribution in [0.15, 0.2) is 12.5 Å². The number of nitrogens with one attached hydrogen (secondary N) is 4. The first-order valence-electron chi connectivity index (χ1n) is 10.1. The van der Waals surface area contributed by atoms with Gasteiger partial charge in [0.15, 0.2) is 0 Å². The molecular formula is C19H30N6O7S. The first kappa shape index (κ1) is 27.9. The smallest absolute Gasteiger partial charge is 0.326 e. The third-order valence-electron chi connectivity index (χ3n) is 4.60. The van der Waals surface area contributed by atoms with Crippen molar-refractivity contribution in [3.63, 3.8) is 0 Å². The van der Waals surface area contributed by atoms with Gasteiger partial charge in [0.1, 0.15) is 18.1 Å². The maximum Gasteiger partial charge on any atom is 0.326 e. The molecule has 1 rings (SSSR count). The summed E-state index contributed by atoms with van der Waals surface area (Å²) in [5.41, 5.74) is 6.23. The number of rotatable bonds is 15. The van der Waals surface area contributed by atoms with Gasteiger partial charge in [0, 0.05) is 24.7 Å².